The highest BCUT2D eigenvalue weighted by Gasteiger charge is 2.48. The summed E-state index contributed by atoms with van der Waals surface area (Å²) in [5.41, 5.74) is 1.76. The first-order valence-electron chi connectivity index (χ1n) is 6.50. The molecule has 0 bridgehead atoms. The zero-order valence-electron chi connectivity index (χ0n) is 11.4. The highest BCUT2D eigenvalue weighted by atomic mass is 16.5. The molecule has 0 radical (unpaired) electrons. The summed E-state index contributed by atoms with van der Waals surface area (Å²) in [4.78, 5) is 4.49. The fourth-order valence-electron chi connectivity index (χ4n) is 2.63. The van der Waals surface area contributed by atoms with E-state index in [9.17, 15) is 0 Å². The Morgan fingerprint density at radius 3 is 2.63 bits per heavy atom. The number of fused-ring (bicyclic) bond motifs is 1. The molecule has 0 spiro atoms. The molecule has 2 aromatic rings. The molecule has 1 aromatic carbocycles. The van der Waals surface area contributed by atoms with Crippen LogP contribution in [0.5, 0.6) is 0 Å². The molecular formula is C14H18N4O. The lowest BCUT2D eigenvalue weighted by molar-refractivity contribution is -0.0796. The largest absolute Gasteiger partial charge is 0.381 e. The molecule has 1 N–H and O–H groups in total. The number of aromatic nitrogens is 3. The van der Waals surface area contributed by atoms with E-state index in [2.05, 4.69) is 34.3 Å². The van der Waals surface area contributed by atoms with Gasteiger partial charge in [-0.15, -0.1) is 10.2 Å². The zero-order valence-corrected chi connectivity index (χ0v) is 11.4. The predicted molar refractivity (Wildman–Crippen MR) is 73.9 cm³/mol. The summed E-state index contributed by atoms with van der Waals surface area (Å²) >= 11 is 0. The van der Waals surface area contributed by atoms with E-state index < -0.39 is 0 Å². The molecule has 100 valence electrons. The van der Waals surface area contributed by atoms with Crippen LogP contribution in [0.25, 0.3) is 11.0 Å². The van der Waals surface area contributed by atoms with Gasteiger partial charge in [0, 0.05) is 18.6 Å². The van der Waals surface area contributed by atoms with Crippen LogP contribution < -0.4 is 5.32 Å². The minimum absolute atomic E-state index is 0.0871. The molecule has 19 heavy (non-hydrogen) atoms. The highest BCUT2D eigenvalue weighted by Crippen LogP contribution is 2.43. The lowest BCUT2D eigenvalue weighted by Gasteiger charge is -2.51. The highest BCUT2D eigenvalue weighted by molar-refractivity contribution is 5.74. The quantitative estimate of drug-likeness (QED) is 0.915. The maximum Gasteiger partial charge on any atom is 0.243 e. The average Bonchev–Trinajstić information content (AvgIpc) is 2.42. The van der Waals surface area contributed by atoms with Crippen LogP contribution in [0.4, 0.5) is 5.95 Å². The van der Waals surface area contributed by atoms with Crippen LogP contribution in [0.3, 0.4) is 0 Å². The molecule has 2 atom stereocenters. The van der Waals surface area contributed by atoms with Gasteiger partial charge >= 0.3 is 0 Å². The van der Waals surface area contributed by atoms with E-state index in [0.29, 0.717) is 18.1 Å². The lowest BCUT2D eigenvalue weighted by Crippen LogP contribution is -2.57. The topological polar surface area (TPSA) is 59.9 Å². The first-order valence-corrected chi connectivity index (χ1v) is 6.50. The van der Waals surface area contributed by atoms with Gasteiger partial charge in [-0.1, -0.05) is 26.0 Å². The van der Waals surface area contributed by atoms with Gasteiger partial charge in [0.1, 0.15) is 5.52 Å². The van der Waals surface area contributed by atoms with Crippen molar-refractivity contribution in [3.8, 4) is 0 Å². The van der Waals surface area contributed by atoms with Crippen LogP contribution in [0.1, 0.15) is 20.3 Å². The number of ether oxygens (including phenoxy) is 1. The van der Waals surface area contributed by atoms with E-state index in [1.165, 1.54) is 0 Å². The Labute approximate surface area is 112 Å². The van der Waals surface area contributed by atoms with Crippen molar-refractivity contribution >= 4 is 17.0 Å². The van der Waals surface area contributed by atoms with Crippen molar-refractivity contribution in [3.63, 3.8) is 0 Å². The fourth-order valence-corrected chi connectivity index (χ4v) is 2.63. The molecule has 1 aliphatic rings. The van der Waals surface area contributed by atoms with Gasteiger partial charge in [-0.3, -0.25) is 0 Å². The Balaban J connectivity index is 1.79. The second-order valence-electron chi connectivity index (χ2n) is 5.60. The van der Waals surface area contributed by atoms with Gasteiger partial charge in [0.05, 0.1) is 11.6 Å². The Morgan fingerprint density at radius 2 is 1.95 bits per heavy atom. The van der Waals surface area contributed by atoms with Crippen molar-refractivity contribution < 1.29 is 4.74 Å². The molecule has 3 rings (SSSR count). The molecule has 5 heteroatoms. The van der Waals surface area contributed by atoms with Crippen LogP contribution in [-0.2, 0) is 4.74 Å². The van der Waals surface area contributed by atoms with E-state index in [-0.39, 0.29) is 5.41 Å². The van der Waals surface area contributed by atoms with Gasteiger partial charge in [0.25, 0.3) is 0 Å². The first kappa shape index (κ1) is 12.3. The second kappa shape index (κ2) is 4.42. The molecule has 5 nitrogen and oxygen atoms in total. The first-order chi connectivity index (χ1) is 9.11. The van der Waals surface area contributed by atoms with Crippen LogP contribution in [0.15, 0.2) is 24.3 Å². The monoisotopic (exact) mass is 258 g/mol. The van der Waals surface area contributed by atoms with E-state index in [1.807, 2.05) is 24.3 Å². The third-order valence-corrected chi connectivity index (χ3v) is 4.13. The lowest BCUT2D eigenvalue weighted by atomic mass is 9.64. The van der Waals surface area contributed by atoms with Crippen molar-refractivity contribution in [2.75, 3.05) is 12.4 Å². The Morgan fingerprint density at radius 1 is 1.21 bits per heavy atom. The summed E-state index contributed by atoms with van der Waals surface area (Å²) in [6.45, 7) is 4.38. The summed E-state index contributed by atoms with van der Waals surface area (Å²) in [5, 5.41) is 11.7. The standard InChI is InChI=1S/C14H18N4O/c1-14(2)11(8-12(14)19-3)16-13-15-9-6-4-5-7-10(9)17-18-13/h4-7,11-12H,8H2,1-3H3,(H,15,16,18). The minimum Gasteiger partial charge on any atom is -0.381 e. The minimum atomic E-state index is 0.0871. The number of benzene rings is 1. The van der Waals surface area contributed by atoms with Gasteiger partial charge < -0.3 is 10.1 Å². The number of nitrogens with one attached hydrogen (secondary N) is 1. The smallest absolute Gasteiger partial charge is 0.243 e. The van der Waals surface area contributed by atoms with Gasteiger partial charge in [0.15, 0.2) is 0 Å². The average molecular weight is 258 g/mol. The zero-order chi connectivity index (χ0) is 13.5. The van der Waals surface area contributed by atoms with Crippen molar-refractivity contribution in [3.05, 3.63) is 24.3 Å². The fraction of sp³-hybridized carbons (Fsp3) is 0.500. The summed E-state index contributed by atoms with van der Waals surface area (Å²) in [7, 11) is 1.76. The molecular weight excluding hydrogens is 240 g/mol. The Kier molecular flexibility index (Phi) is 2.86. The number of hydrogen-bond acceptors (Lipinski definition) is 5. The predicted octanol–water partition coefficient (Wildman–Crippen LogP) is 2.25. The molecule has 1 aromatic heterocycles. The van der Waals surface area contributed by atoms with Gasteiger partial charge in [-0.05, 0) is 18.6 Å². The molecule has 2 unspecified atom stereocenters. The second-order valence-corrected chi connectivity index (χ2v) is 5.60. The van der Waals surface area contributed by atoms with Gasteiger partial charge in [0.2, 0.25) is 5.95 Å². The third kappa shape index (κ3) is 2.04. The molecule has 1 aliphatic carbocycles. The van der Waals surface area contributed by atoms with Crippen molar-refractivity contribution in [2.24, 2.45) is 5.41 Å². The summed E-state index contributed by atoms with van der Waals surface area (Å²) in [6.07, 6.45) is 1.26. The number of nitrogens with zero attached hydrogens (tertiary/aromatic N) is 3. The van der Waals surface area contributed by atoms with Crippen LogP contribution in [0, 0.1) is 5.41 Å². The van der Waals surface area contributed by atoms with Crippen molar-refractivity contribution in [1.82, 2.24) is 15.2 Å². The number of para-hydroxylation sites is 1. The molecule has 1 fully saturated rings. The Bertz CT molecular complexity index is 599. The maximum atomic E-state index is 5.44. The Hall–Kier alpha value is -1.75. The molecule has 0 saturated heterocycles. The molecule has 1 heterocycles. The van der Waals surface area contributed by atoms with Gasteiger partial charge in [-0.2, -0.15) is 0 Å². The maximum absolute atomic E-state index is 5.44. The summed E-state index contributed by atoms with van der Waals surface area (Å²) < 4.78 is 5.44. The van der Waals surface area contributed by atoms with Crippen LogP contribution >= 0.6 is 0 Å². The van der Waals surface area contributed by atoms with E-state index >= 15 is 0 Å². The van der Waals surface area contributed by atoms with Crippen LogP contribution in [0.2, 0.25) is 0 Å². The van der Waals surface area contributed by atoms with Gasteiger partial charge in [-0.25, -0.2) is 4.98 Å². The number of methoxy groups -OCH3 is 1. The van der Waals surface area contributed by atoms with Crippen LogP contribution in [-0.4, -0.2) is 34.4 Å². The third-order valence-electron chi connectivity index (χ3n) is 4.13. The van der Waals surface area contributed by atoms with Crippen molar-refractivity contribution in [2.45, 2.75) is 32.4 Å². The van der Waals surface area contributed by atoms with E-state index in [0.717, 1.165) is 17.5 Å². The normalized spacial score (nSPS) is 25.0. The SMILES string of the molecule is COC1CC(Nc2nnc3ccccc3n2)C1(C)C. The molecule has 0 amide bonds. The number of hydrogen-bond donors (Lipinski definition) is 1. The number of anilines is 1. The molecule has 1 saturated carbocycles. The summed E-state index contributed by atoms with van der Waals surface area (Å²) in [6, 6.07) is 8.06. The van der Waals surface area contributed by atoms with Crippen molar-refractivity contribution in [1.29, 1.82) is 0 Å². The van der Waals surface area contributed by atoms with E-state index in [1.54, 1.807) is 7.11 Å². The molecule has 0 aliphatic heterocycles. The number of rotatable bonds is 3. The van der Waals surface area contributed by atoms with E-state index in [4.69, 9.17) is 4.74 Å². The summed E-state index contributed by atoms with van der Waals surface area (Å²) in [5.74, 6) is 0.589.